The van der Waals surface area contributed by atoms with E-state index in [-0.39, 0.29) is 17.8 Å². The number of aryl methyl sites for hydroxylation is 1. The molecule has 15 heavy (non-hydrogen) atoms. The average Bonchev–Trinajstić information content (AvgIpc) is 2.18. The second-order valence-corrected chi connectivity index (χ2v) is 4.09. The fraction of sp³-hybridized carbons (Fsp3) is 0.417. The Morgan fingerprint density at radius 2 is 2.00 bits per heavy atom. The van der Waals surface area contributed by atoms with Crippen LogP contribution in [0.2, 0.25) is 0 Å². The number of carbonyl (C=O) groups excluding carboxylic acids is 1. The minimum Gasteiger partial charge on any atom is -0.507 e. The number of phenols is 1. The molecule has 1 aromatic carbocycles. The molecule has 0 fully saturated rings. The van der Waals surface area contributed by atoms with E-state index in [1.165, 1.54) is 0 Å². The molecule has 1 aromatic rings. The van der Waals surface area contributed by atoms with Crippen molar-refractivity contribution in [3.63, 3.8) is 0 Å². The molecule has 0 unspecified atom stereocenters. The highest BCUT2D eigenvalue weighted by Gasteiger charge is 2.32. The highest BCUT2D eigenvalue weighted by atomic mass is 16.5. The Labute approximate surface area is 88.7 Å². The van der Waals surface area contributed by atoms with E-state index in [0.29, 0.717) is 11.1 Å². The maximum atomic E-state index is 11.6. The van der Waals surface area contributed by atoms with Crippen molar-refractivity contribution >= 4 is 5.97 Å². The van der Waals surface area contributed by atoms with Crippen molar-refractivity contribution in [1.29, 1.82) is 0 Å². The lowest BCUT2D eigenvalue weighted by atomic mass is 9.88. The van der Waals surface area contributed by atoms with E-state index in [2.05, 4.69) is 0 Å². The van der Waals surface area contributed by atoms with E-state index in [9.17, 15) is 9.90 Å². The molecule has 0 amide bonds. The molecule has 0 aromatic heterocycles. The molecule has 1 aliphatic heterocycles. The van der Waals surface area contributed by atoms with Crippen LogP contribution in [0.25, 0.3) is 0 Å². The number of aromatic hydroxyl groups is 1. The molecule has 0 saturated carbocycles. The van der Waals surface area contributed by atoms with Crippen molar-refractivity contribution in [3.8, 4) is 5.75 Å². The van der Waals surface area contributed by atoms with Gasteiger partial charge in [0.05, 0.1) is 0 Å². The van der Waals surface area contributed by atoms with Gasteiger partial charge in [0.15, 0.2) is 0 Å². The van der Waals surface area contributed by atoms with Crippen LogP contribution >= 0.6 is 0 Å². The average molecular weight is 206 g/mol. The molecule has 1 N–H and O–H groups in total. The van der Waals surface area contributed by atoms with Crippen molar-refractivity contribution in [1.82, 2.24) is 0 Å². The monoisotopic (exact) mass is 206 g/mol. The van der Waals surface area contributed by atoms with Crippen LogP contribution in [0.15, 0.2) is 12.1 Å². The third kappa shape index (κ3) is 1.39. The number of ether oxygens (including phenoxy) is 1. The van der Waals surface area contributed by atoms with Crippen LogP contribution in [-0.4, -0.2) is 17.2 Å². The molecule has 0 saturated heterocycles. The lowest BCUT2D eigenvalue weighted by molar-refractivity contribution is 0.0236. The van der Waals surface area contributed by atoms with Gasteiger partial charge in [-0.1, -0.05) is 19.1 Å². The zero-order chi connectivity index (χ0) is 11.2. The van der Waals surface area contributed by atoms with Gasteiger partial charge < -0.3 is 9.84 Å². The minimum absolute atomic E-state index is 0.0521. The predicted octanol–water partition coefficient (Wildman–Crippen LogP) is 2.36. The number of cyclic esters (lactones) is 1. The first-order chi connectivity index (χ1) is 7.02. The van der Waals surface area contributed by atoms with E-state index in [1.807, 2.05) is 26.0 Å². The largest absolute Gasteiger partial charge is 0.507 e. The van der Waals surface area contributed by atoms with Crippen LogP contribution in [0, 0.1) is 6.92 Å². The van der Waals surface area contributed by atoms with E-state index in [1.54, 1.807) is 6.92 Å². The smallest absolute Gasteiger partial charge is 0.342 e. The number of carbonyl (C=O) groups is 1. The lowest BCUT2D eigenvalue weighted by Crippen LogP contribution is -2.28. The Morgan fingerprint density at radius 1 is 1.33 bits per heavy atom. The van der Waals surface area contributed by atoms with Crippen LogP contribution in [0.1, 0.15) is 41.3 Å². The Bertz CT molecular complexity index is 423. The summed E-state index contributed by atoms with van der Waals surface area (Å²) in [5.74, 6) is -0.239. The van der Waals surface area contributed by atoms with E-state index >= 15 is 0 Å². The summed E-state index contributed by atoms with van der Waals surface area (Å²) in [6.45, 7) is 5.62. The summed E-state index contributed by atoms with van der Waals surface area (Å²) in [6.07, 6.45) is -0.132. The molecule has 2 rings (SSSR count). The summed E-state index contributed by atoms with van der Waals surface area (Å²) < 4.78 is 5.16. The van der Waals surface area contributed by atoms with Gasteiger partial charge in [-0.25, -0.2) is 4.79 Å². The molecule has 0 radical (unpaired) electrons. The number of phenolic OH excluding ortho intramolecular Hbond substituents is 1. The fourth-order valence-corrected chi connectivity index (χ4v) is 1.89. The van der Waals surface area contributed by atoms with E-state index in [0.717, 1.165) is 5.56 Å². The number of hydrogen-bond acceptors (Lipinski definition) is 3. The summed E-state index contributed by atoms with van der Waals surface area (Å²) in [4.78, 5) is 11.6. The first kappa shape index (κ1) is 10.0. The summed E-state index contributed by atoms with van der Waals surface area (Å²) in [5, 5.41) is 9.82. The molecular weight excluding hydrogens is 192 g/mol. The Balaban J connectivity index is 2.66. The van der Waals surface area contributed by atoms with Crippen LogP contribution in [0.4, 0.5) is 0 Å². The van der Waals surface area contributed by atoms with Gasteiger partial charge >= 0.3 is 5.97 Å². The van der Waals surface area contributed by atoms with Crippen LogP contribution in [-0.2, 0) is 4.74 Å². The summed E-state index contributed by atoms with van der Waals surface area (Å²) in [7, 11) is 0. The van der Waals surface area contributed by atoms with Crippen molar-refractivity contribution in [2.75, 3.05) is 0 Å². The highest BCUT2D eigenvalue weighted by Crippen LogP contribution is 2.36. The van der Waals surface area contributed by atoms with Gasteiger partial charge in [-0.15, -0.1) is 0 Å². The molecular formula is C12H14O3. The molecule has 80 valence electrons. The maximum Gasteiger partial charge on any atom is 0.342 e. The highest BCUT2D eigenvalue weighted by molar-refractivity contribution is 5.96. The van der Waals surface area contributed by atoms with Gasteiger partial charge in [0.25, 0.3) is 0 Å². The molecule has 3 nitrogen and oxygen atoms in total. The van der Waals surface area contributed by atoms with Crippen LogP contribution in [0.5, 0.6) is 5.75 Å². The number of rotatable bonds is 0. The first-order valence-electron chi connectivity index (χ1n) is 5.05. The maximum absolute atomic E-state index is 11.6. The minimum atomic E-state index is -0.420. The van der Waals surface area contributed by atoms with Gasteiger partial charge in [-0.2, -0.15) is 0 Å². The zero-order valence-corrected chi connectivity index (χ0v) is 9.07. The third-order valence-corrected chi connectivity index (χ3v) is 3.10. The number of benzene rings is 1. The molecule has 0 aliphatic carbocycles. The van der Waals surface area contributed by atoms with E-state index in [4.69, 9.17) is 4.74 Å². The molecule has 3 heteroatoms. The zero-order valence-electron chi connectivity index (χ0n) is 9.07. The Kier molecular flexibility index (Phi) is 2.18. The van der Waals surface area contributed by atoms with Crippen molar-refractivity contribution in [2.24, 2.45) is 0 Å². The standard InChI is InChI=1S/C12H14O3/c1-6-4-5-9-7(2)8(3)15-12(14)10(9)11(6)13/h4-5,7-8,13H,1-3H3/t7-,8-/m1/s1. The number of hydrogen-bond donors (Lipinski definition) is 1. The summed E-state index contributed by atoms with van der Waals surface area (Å²) >= 11 is 0. The van der Waals surface area contributed by atoms with Crippen molar-refractivity contribution < 1.29 is 14.6 Å². The third-order valence-electron chi connectivity index (χ3n) is 3.10. The van der Waals surface area contributed by atoms with Gasteiger partial charge in [0, 0.05) is 5.92 Å². The van der Waals surface area contributed by atoms with Crippen LogP contribution < -0.4 is 0 Å². The Morgan fingerprint density at radius 3 is 2.67 bits per heavy atom. The predicted molar refractivity (Wildman–Crippen MR) is 56.1 cm³/mol. The number of fused-ring (bicyclic) bond motifs is 1. The fourth-order valence-electron chi connectivity index (χ4n) is 1.89. The summed E-state index contributed by atoms with van der Waals surface area (Å²) in [5.41, 5.74) is 1.91. The van der Waals surface area contributed by atoms with Gasteiger partial charge in [0.2, 0.25) is 0 Å². The van der Waals surface area contributed by atoms with Gasteiger partial charge in [-0.3, -0.25) is 0 Å². The molecule has 1 heterocycles. The SMILES string of the molecule is Cc1ccc2c(c1O)C(=O)O[C@H](C)[C@H]2C. The first-order valence-corrected chi connectivity index (χ1v) is 5.05. The van der Waals surface area contributed by atoms with Gasteiger partial charge in [-0.05, 0) is 25.0 Å². The molecule has 0 spiro atoms. The number of esters is 1. The van der Waals surface area contributed by atoms with E-state index < -0.39 is 5.97 Å². The quantitative estimate of drug-likeness (QED) is 0.663. The molecule has 1 aliphatic rings. The van der Waals surface area contributed by atoms with Crippen LogP contribution in [0.3, 0.4) is 0 Å². The molecule has 0 bridgehead atoms. The summed E-state index contributed by atoms with van der Waals surface area (Å²) in [6, 6.07) is 3.72. The normalized spacial score (nSPS) is 24.6. The lowest BCUT2D eigenvalue weighted by Gasteiger charge is -2.28. The topological polar surface area (TPSA) is 46.5 Å². The second-order valence-electron chi connectivity index (χ2n) is 4.09. The van der Waals surface area contributed by atoms with Crippen molar-refractivity contribution in [2.45, 2.75) is 32.8 Å². The second kappa shape index (κ2) is 3.26. The van der Waals surface area contributed by atoms with Crippen molar-refractivity contribution in [3.05, 3.63) is 28.8 Å². The Hall–Kier alpha value is -1.51. The molecule has 2 atom stereocenters. The van der Waals surface area contributed by atoms with Gasteiger partial charge in [0.1, 0.15) is 17.4 Å².